The summed E-state index contributed by atoms with van der Waals surface area (Å²) >= 11 is 0. The minimum absolute atomic E-state index is 0.191. The van der Waals surface area contributed by atoms with Crippen molar-refractivity contribution in [3.63, 3.8) is 0 Å². The number of rotatable bonds is 3. The van der Waals surface area contributed by atoms with Gasteiger partial charge in [-0.3, -0.25) is 0 Å². The molecule has 0 spiro atoms. The van der Waals surface area contributed by atoms with Crippen LogP contribution in [0.15, 0.2) is 0 Å². The number of aliphatic hydroxyl groups excluding tert-OH is 1. The Kier molecular flexibility index (Phi) is 2.52. The number of fused-ring (bicyclic) bond motifs is 5. The van der Waals surface area contributed by atoms with Gasteiger partial charge in [0.2, 0.25) is 0 Å². The molecule has 3 aliphatic rings. The number of hydrogen-bond acceptors (Lipinski definition) is 2. The van der Waals surface area contributed by atoms with Crippen molar-refractivity contribution in [2.24, 2.45) is 23.7 Å². The third kappa shape index (κ3) is 1.62. The van der Waals surface area contributed by atoms with Gasteiger partial charge in [-0.1, -0.05) is 6.42 Å². The van der Waals surface area contributed by atoms with Crippen molar-refractivity contribution >= 4 is 0 Å². The molecule has 3 aliphatic carbocycles. The zero-order valence-corrected chi connectivity index (χ0v) is 9.65. The molecule has 2 bridgehead atoms. The largest absolute Gasteiger partial charge is 0.392 e. The Morgan fingerprint density at radius 3 is 2.80 bits per heavy atom. The van der Waals surface area contributed by atoms with E-state index in [0.717, 1.165) is 36.3 Å². The third-order valence-corrected chi connectivity index (χ3v) is 5.10. The summed E-state index contributed by atoms with van der Waals surface area (Å²) in [7, 11) is 0. The standard InChI is InChI=1S/C13H23NO/c1-8(15)7-14-13-6-9-5-12(13)11-4-2-3-10(9)11/h8-15H,2-7H2,1H3/t8-,9?,10?,11?,12?,13?/m1/s1. The van der Waals surface area contributed by atoms with Gasteiger partial charge in [-0.05, 0) is 56.3 Å². The van der Waals surface area contributed by atoms with E-state index in [4.69, 9.17) is 0 Å². The molecule has 86 valence electrons. The average Bonchev–Trinajstić information content (AvgIpc) is 2.86. The molecule has 15 heavy (non-hydrogen) atoms. The van der Waals surface area contributed by atoms with Crippen LogP contribution in [0.5, 0.6) is 0 Å². The van der Waals surface area contributed by atoms with Crippen LogP contribution < -0.4 is 5.32 Å². The van der Waals surface area contributed by atoms with E-state index in [-0.39, 0.29) is 6.10 Å². The van der Waals surface area contributed by atoms with Crippen LogP contribution in [0.2, 0.25) is 0 Å². The first kappa shape index (κ1) is 10.1. The highest BCUT2D eigenvalue weighted by Crippen LogP contribution is 2.58. The molecule has 5 unspecified atom stereocenters. The maximum atomic E-state index is 9.31. The topological polar surface area (TPSA) is 32.3 Å². The Balaban J connectivity index is 1.61. The SMILES string of the molecule is C[C@@H](O)CNC1CC2CC1C1CCCC21. The van der Waals surface area contributed by atoms with Gasteiger partial charge in [0.05, 0.1) is 6.10 Å². The quantitative estimate of drug-likeness (QED) is 0.742. The smallest absolute Gasteiger partial charge is 0.0636 e. The molecule has 0 aromatic heterocycles. The molecule has 0 saturated heterocycles. The lowest BCUT2D eigenvalue weighted by Gasteiger charge is -2.32. The van der Waals surface area contributed by atoms with Crippen molar-refractivity contribution in [3.05, 3.63) is 0 Å². The molecule has 6 atom stereocenters. The number of hydrogen-bond donors (Lipinski definition) is 2. The molecule has 3 fully saturated rings. The Hall–Kier alpha value is -0.0800. The normalized spacial score (nSPS) is 49.6. The van der Waals surface area contributed by atoms with Crippen molar-refractivity contribution in [1.29, 1.82) is 0 Å². The third-order valence-electron chi connectivity index (χ3n) is 5.10. The first-order valence-corrected chi connectivity index (χ1v) is 6.67. The van der Waals surface area contributed by atoms with Crippen LogP contribution in [0.1, 0.15) is 39.0 Å². The minimum Gasteiger partial charge on any atom is -0.392 e. The summed E-state index contributed by atoms with van der Waals surface area (Å²) in [5, 5.41) is 12.9. The van der Waals surface area contributed by atoms with Crippen LogP contribution in [0.3, 0.4) is 0 Å². The predicted octanol–water partition coefficient (Wildman–Crippen LogP) is 1.78. The molecule has 2 nitrogen and oxygen atoms in total. The molecule has 0 aliphatic heterocycles. The summed E-state index contributed by atoms with van der Waals surface area (Å²) in [6.07, 6.45) is 7.15. The second-order valence-electron chi connectivity index (χ2n) is 6.02. The molecule has 0 aromatic carbocycles. The molecule has 2 N–H and O–H groups in total. The number of nitrogens with one attached hydrogen (secondary N) is 1. The molecule has 0 amide bonds. The second-order valence-corrected chi connectivity index (χ2v) is 6.02. The second kappa shape index (κ2) is 3.74. The molecule has 0 radical (unpaired) electrons. The van der Waals surface area contributed by atoms with Crippen molar-refractivity contribution < 1.29 is 5.11 Å². The van der Waals surface area contributed by atoms with E-state index in [1.54, 1.807) is 0 Å². The molecule has 3 rings (SSSR count). The zero-order chi connectivity index (χ0) is 10.4. The summed E-state index contributed by atoms with van der Waals surface area (Å²) in [4.78, 5) is 0. The van der Waals surface area contributed by atoms with Gasteiger partial charge in [-0.2, -0.15) is 0 Å². The molecular formula is C13H23NO. The zero-order valence-electron chi connectivity index (χ0n) is 9.65. The molecule has 0 heterocycles. The monoisotopic (exact) mass is 209 g/mol. The molecular weight excluding hydrogens is 186 g/mol. The van der Waals surface area contributed by atoms with Crippen LogP contribution in [-0.4, -0.2) is 23.8 Å². The molecule has 3 saturated carbocycles. The molecule has 0 aromatic rings. The van der Waals surface area contributed by atoms with Crippen LogP contribution in [-0.2, 0) is 0 Å². The van der Waals surface area contributed by atoms with E-state index < -0.39 is 0 Å². The first-order valence-electron chi connectivity index (χ1n) is 6.67. The van der Waals surface area contributed by atoms with Crippen LogP contribution >= 0.6 is 0 Å². The van der Waals surface area contributed by atoms with Gasteiger partial charge in [0, 0.05) is 12.6 Å². The summed E-state index contributed by atoms with van der Waals surface area (Å²) in [6, 6.07) is 0.726. The van der Waals surface area contributed by atoms with E-state index in [9.17, 15) is 5.11 Å². The van der Waals surface area contributed by atoms with Gasteiger partial charge < -0.3 is 10.4 Å². The summed E-state index contributed by atoms with van der Waals surface area (Å²) in [5.41, 5.74) is 0. The highest BCUT2D eigenvalue weighted by molar-refractivity contribution is 5.05. The van der Waals surface area contributed by atoms with Crippen molar-refractivity contribution in [1.82, 2.24) is 5.32 Å². The van der Waals surface area contributed by atoms with Gasteiger partial charge in [0.1, 0.15) is 0 Å². The van der Waals surface area contributed by atoms with Gasteiger partial charge in [0.25, 0.3) is 0 Å². The number of aliphatic hydroxyl groups is 1. The summed E-state index contributed by atoms with van der Waals surface area (Å²) < 4.78 is 0. The van der Waals surface area contributed by atoms with Gasteiger partial charge in [0.15, 0.2) is 0 Å². The first-order chi connectivity index (χ1) is 7.25. The van der Waals surface area contributed by atoms with Crippen molar-refractivity contribution in [2.75, 3.05) is 6.54 Å². The highest BCUT2D eigenvalue weighted by atomic mass is 16.3. The lowest BCUT2D eigenvalue weighted by molar-refractivity contribution is 0.160. The summed E-state index contributed by atoms with van der Waals surface area (Å²) in [6.45, 7) is 2.66. The van der Waals surface area contributed by atoms with E-state index in [1.807, 2.05) is 6.92 Å². The fourth-order valence-corrected chi connectivity index (χ4v) is 4.62. The van der Waals surface area contributed by atoms with E-state index in [0.29, 0.717) is 0 Å². The van der Waals surface area contributed by atoms with Crippen LogP contribution in [0, 0.1) is 23.7 Å². The average molecular weight is 209 g/mol. The van der Waals surface area contributed by atoms with E-state index in [2.05, 4.69) is 5.32 Å². The lowest BCUT2D eigenvalue weighted by Crippen LogP contribution is -2.42. The predicted molar refractivity (Wildman–Crippen MR) is 60.5 cm³/mol. The van der Waals surface area contributed by atoms with Gasteiger partial charge >= 0.3 is 0 Å². The van der Waals surface area contributed by atoms with Gasteiger partial charge in [-0.15, -0.1) is 0 Å². The fraction of sp³-hybridized carbons (Fsp3) is 1.00. The fourth-order valence-electron chi connectivity index (χ4n) is 4.62. The Morgan fingerprint density at radius 2 is 2.00 bits per heavy atom. The van der Waals surface area contributed by atoms with Gasteiger partial charge in [-0.25, -0.2) is 0 Å². The van der Waals surface area contributed by atoms with Crippen LogP contribution in [0.4, 0.5) is 0 Å². The Labute approximate surface area is 92.4 Å². The Morgan fingerprint density at radius 1 is 1.20 bits per heavy atom. The summed E-state index contributed by atoms with van der Waals surface area (Å²) in [5.74, 6) is 4.09. The van der Waals surface area contributed by atoms with E-state index in [1.165, 1.54) is 32.1 Å². The Bertz CT molecular complexity index is 241. The van der Waals surface area contributed by atoms with Crippen molar-refractivity contribution in [3.8, 4) is 0 Å². The van der Waals surface area contributed by atoms with Crippen LogP contribution in [0.25, 0.3) is 0 Å². The van der Waals surface area contributed by atoms with E-state index >= 15 is 0 Å². The minimum atomic E-state index is -0.191. The van der Waals surface area contributed by atoms with Crippen molar-refractivity contribution in [2.45, 2.75) is 51.2 Å². The maximum Gasteiger partial charge on any atom is 0.0636 e. The highest BCUT2D eigenvalue weighted by Gasteiger charge is 2.53. The lowest BCUT2D eigenvalue weighted by atomic mass is 9.79. The molecule has 2 heteroatoms. The maximum absolute atomic E-state index is 9.31.